The first-order valence-corrected chi connectivity index (χ1v) is 4.40. The number of carbonyl (C=O) groups is 1. The van der Waals surface area contributed by atoms with Crippen LogP contribution in [0.1, 0.15) is 11.6 Å². The highest BCUT2D eigenvalue weighted by Gasteiger charge is 2.21. The molecule has 0 aliphatic carbocycles. The Hall–Kier alpha value is -1.46. The Kier molecular flexibility index (Phi) is 3.39. The van der Waals surface area contributed by atoms with Crippen molar-refractivity contribution in [2.75, 3.05) is 7.11 Å². The minimum Gasteiger partial charge on any atom is -0.504 e. The van der Waals surface area contributed by atoms with Crippen LogP contribution in [0.15, 0.2) is 12.1 Å². The van der Waals surface area contributed by atoms with Crippen LogP contribution in [0, 0.1) is 0 Å². The maximum absolute atomic E-state index is 10.6. The zero-order valence-corrected chi connectivity index (χ0v) is 8.65. The van der Waals surface area contributed by atoms with E-state index in [0.717, 1.165) is 0 Å². The number of carboxylic acid groups (broad SMARTS) is 1. The molecule has 0 bridgehead atoms. The predicted octanol–water partition coefficient (Wildman–Crippen LogP) is 1.14. The number of hydrogen-bond acceptors (Lipinski definition) is 4. The first-order valence-electron chi connectivity index (χ1n) is 4.02. The molecule has 1 atom stereocenters. The number of hydrogen-bond donors (Lipinski definition) is 3. The molecule has 82 valence electrons. The van der Waals surface area contributed by atoms with Crippen molar-refractivity contribution in [1.82, 2.24) is 0 Å². The van der Waals surface area contributed by atoms with Crippen LogP contribution in [0.5, 0.6) is 11.5 Å². The number of aromatic hydroxyl groups is 1. The maximum Gasteiger partial charge on any atom is 0.325 e. The van der Waals surface area contributed by atoms with Gasteiger partial charge < -0.3 is 20.7 Å². The van der Waals surface area contributed by atoms with E-state index in [1.165, 1.54) is 19.2 Å². The van der Waals surface area contributed by atoms with Gasteiger partial charge in [-0.1, -0.05) is 17.7 Å². The van der Waals surface area contributed by atoms with Gasteiger partial charge in [-0.3, -0.25) is 4.79 Å². The average molecular weight is 232 g/mol. The molecule has 0 radical (unpaired) electrons. The summed E-state index contributed by atoms with van der Waals surface area (Å²) in [7, 11) is 1.32. The van der Waals surface area contributed by atoms with Gasteiger partial charge in [-0.25, -0.2) is 0 Å². The van der Waals surface area contributed by atoms with E-state index in [0.29, 0.717) is 0 Å². The van der Waals surface area contributed by atoms with Crippen LogP contribution < -0.4 is 10.5 Å². The Morgan fingerprint density at radius 2 is 2.20 bits per heavy atom. The number of rotatable bonds is 3. The van der Waals surface area contributed by atoms with Crippen molar-refractivity contribution in [3.05, 3.63) is 22.7 Å². The van der Waals surface area contributed by atoms with Gasteiger partial charge in [0.2, 0.25) is 0 Å². The van der Waals surface area contributed by atoms with Crippen molar-refractivity contribution in [3.8, 4) is 11.5 Å². The second-order valence-electron chi connectivity index (χ2n) is 2.83. The first kappa shape index (κ1) is 11.6. The molecule has 0 spiro atoms. The van der Waals surface area contributed by atoms with E-state index in [-0.39, 0.29) is 22.1 Å². The Bertz CT molecular complexity index is 394. The molecule has 0 aliphatic rings. The van der Waals surface area contributed by atoms with Crippen LogP contribution in [0.25, 0.3) is 0 Å². The normalized spacial score (nSPS) is 12.2. The minimum atomic E-state index is -1.31. The lowest BCUT2D eigenvalue weighted by molar-refractivity contribution is -0.138. The zero-order chi connectivity index (χ0) is 11.6. The Labute approximate surface area is 91.0 Å². The van der Waals surface area contributed by atoms with Gasteiger partial charge in [0, 0.05) is 5.56 Å². The molecule has 0 saturated heterocycles. The molecule has 4 N–H and O–H groups in total. The number of phenols is 1. The van der Waals surface area contributed by atoms with Gasteiger partial charge in [0.05, 0.1) is 12.1 Å². The van der Waals surface area contributed by atoms with Crippen LogP contribution >= 0.6 is 11.6 Å². The second-order valence-corrected chi connectivity index (χ2v) is 3.24. The number of halogens is 1. The smallest absolute Gasteiger partial charge is 0.325 e. The van der Waals surface area contributed by atoms with Gasteiger partial charge in [-0.2, -0.15) is 0 Å². The van der Waals surface area contributed by atoms with Gasteiger partial charge in [-0.05, 0) is 6.07 Å². The number of benzene rings is 1. The van der Waals surface area contributed by atoms with Crippen LogP contribution in [0.3, 0.4) is 0 Å². The second kappa shape index (κ2) is 4.37. The van der Waals surface area contributed by atoms with Gasteiger partial charge in [0.15, 0.2) is 11.5 Å². The molecule has 1 aromatic carbocycles. The Balaban J connectivity index is 3.27. The molecule has 15 heavy (non-hydrogen) atoms. The summed E-state index contributed by atoms with van der Waals surface area (Å²) >= 11 is 5.71. The topological polar surface area (TPSA) is 92.8 Å². The zero-order valence-electron chi connectivity index (χ0n) is 7.90. The van der Waals surface area contributed by atoms with E-state index in [1.807, 2.05) is 0 Å². The van der Waals surface area contributed by atoms with Crippen molar-refractivity contribution in [3.63, 3.8) is 0 Å². The number of aliphatic carboxylic acids is 1. The van der Waals surface area contributed by atoms with Crippen LogP contribution in [0.4, 0.5) is 0 Å². The molecule has 0 fully saturated rings. The fraction of sp³-hybridized carbons (Fsp3) is 0.222. The lowest BCUT2D eigenvalue weighted by Crippen LogP contribution is -2.20. The highest BCUT2D eigenvalue weighted by Crippen LogP contribution is 2.38. The SMILES string of the molecule is COc1c(Cl)ccc(C(N)C(=O)O)c1O. The standard InChI is InChI=1S/C9H10ClNO4/c1-15-8-5(10)3-2-4(7(8)12)6(11)9(13)14/h2-3,6,12H,11H2,1H3,(H,13,14). The van der Waals surface area contributed by atoms with Gasteiger partial charge >= 0.3 is 5.97 Å². The molecule has 0 heterocycles. The number of phenolic OH excluding ortho intramolecular Hbond substituents is 1. The third kappa shape index (κ3) is 2.14. The minimum absolute atomic E-state index is 0.0193. The Morgan fingerprint density at radius 1 is 1.60 bits per heavy atom. The molecule has 6 heteroatoms. The molecule has 0 saturated carbocycles. The summed E-state index contributed by atoms with van der Waals surface area (Å²) in [6.07, 6.45) is 0. The average Bonchev–Trinajstić information content (AvgIpc) is 2.17. The molecule has 1 rings (SSSR count). The van der Waals surface area contributed by atoms with E-state index in [4.69, 9.17) is 27.2 Å². The Morgan fingerprint density at radius 3 is 2.67 bits per heavy atom. The summed E-state index contributed by atoms with van der Waals surface area (Å²) in [5, 5.41) is 18.5. The number of ether oxygens (including phenoxy) is 1. The van der Waals surface area contributed by atoms with Crippen molar-refractivity contribution >= 4 is 17.6 Å². The van der Waals surface area contributed by atoms with E-state index in [2.05, 4.69) is 0 Å². The third-order valence-electron chi connectivity index (χ3n) is 1.92. The molecule has 0 amide bonds. The largest absolute Gasteiger partial charge is 0.504 e. The van der Waals surface area contributed by atoms with Crippen molar-refractivity contribution in [2.24, 2.45) is 5.73 Å². The lowest BCUT2D eigenvalue weighted by Gasteiger charge is -2.12. The highest BCUT2D eigenvalue weighted by molar-refractivity contribution is 6.32. The van der Waals surface area contributed by atoms with Crippen LogP contribution in [-0.4, -0.2) is 23.3 Å². The monoisotopic (exact) mass is 231 g/mol. The fourth-order valence-electron chi connectivity index (χ4n) is 1.14. The van der Waals surface area contributed by atoms with Crippen molar-refractivity contribution < 1.29 is 19.7 Å². The molecule has 1 unspecified atom stereocenters. The fourth-order valence-corrected chi connectivity index (χ4v) is 1.37. The summed E-state index contributed by atoms with van der Waals surface area (Å²) in [5.41, 5.74) is 5.41. The first-order chi connectivity index (χ1) is 6.99. The number of carboxylic acids is 1. The lowest BCUT2D eigenvalue weighted by atomic mass is 10.1. The predicted molar refractivity (Wildman–Crippen MR) is 54.2 cm³/mol. The van der Waals surface area contributed by atoms with Gasteiger partial charge in [0.25, 0.3) is 0 Å². The molecular weight excluding hydrogens is 222 g/mol. The van der Waals surface area contributed by atoms with E-state index < -0.39 is 12.0 Å². The molecule has 5 nitrogen and oxygen atoms in total. The van der Waals surface area contributed by atoms with Crippen molar-refractivity contribution in [2.45, 2.75) is 6.04 Å². The summed E-state index contributed by atoms with van der Waals surface area (Å²) < 4.78 is 4.82. The maximum atomic E-state index is 10.6. The molecular formula is C9H10ClNO4. The summed E-state index contributed by atoms with van der Waals surface area (Å²) in [5.74, 6) is -1.57. The molecule has 1 aromatic rings. The van der Waals surface area contributed by atoms with E-state index >= 15 is 0 Å². The van der Waals surface area contributed by atoms with Gasteiger partial charge in [0.1, 0.15) is 6.04 Å². The van der Waals surface area contributed by atoms with Gasteiger partial charge in [-0.15, -0.1) is 0 Å². The summed E-state index contributed by atoms with van der Waals surface area (Å²) in [6.45, 7) is 0. The number of methoxy groups -OCH3 is 1. The van der Waals surface area contributed by atoms with Crippen LogP contribution in [-0.2, 0) is 4.79 Å². The van der Waals surface area contributed by atoms with Crippen LogP contribution in [0.2, 0.25) is 5.02 Å². The van der Waals surface area contributed by atoms with E-state index in [1.54, 1.807) is 0 Å². The molecule has 0 aliphatic heterocycles. The third-order valence-corrected chi connectivity index (χ3v) is 2.22. The summed E-state index contributed by atoms with van der Waals surface area (Å²) in [6, 6.07) is 1.45. The number of nitrogens with two attached hydrogens (primary N) is 1. The van der Waals surface area contributed by atoms with Crippen molar-refractivity contribution in [1.29, 1.82) is 0 Å². The summed E-state index contributed by atoms with van der Waals surface area (Å²) in [4.78, 5) is 10.6. The molecule has 0 aromatic heterocycles. The highest BCUT2D eigenvalue weighted by atomic mass is 35.5. The van der Waals surface area contributed by atoms with E-state index in [9.17, 15) is 9.90 Å². The quantitative estimate of drug-likeness (QED) is 0.725.